The van der Waals surface area contributed by atoms with E-state index in [0.717, 1.165) is 0 Å². The van der Waals surface area contributed by atoms with Crippen LogP contribution in [-0.2, 0) is 15.1 Å². The summed E-state index contributed by atoms with van der Waals surface area (Å²) >= 11 is 0. The van der Waals surface area contributed by atoms with Crippen LogP contribution in [-0.4, -0.2) is 41.8 Å². The van der Waals surface area contributed by atoms with Crippen molar-refractivity contribution < 1.29 is 57.5 Å². The van der Waals surface area contributed by atoms with E-state index in [1.54, 1.807) is 0 Å². The molecule has 0 rings (SSSR count). The molecule has 66 valence electrons. The number of aliphatic carboxylic acids is 1. The van der Waals surface area contributed by atoms with Crippen LogP contribution in [0, 0.1) is 0 Å². The first-order valence-corrected chi connectivity index (χ1v) is 3.84. The van der Waals surface area contributed by atoms with Gasteiger partial charge in [-0.05, 0) is 0 Å². The van der Waals surface area contributed by atoms with E-state index < -0.39 is 28.9 Å². The van der Waals surface area contributed by atoms with Crippen LogP contribution >= 0.6 is 0 Å². The molecule has 0 saturated carbocycles. The molecule has 0 spiro atoms. The molecule has 0 aliphatic rings. The van der Waals surface area contributed by atoms with Crippen molar-refractivity contribution in [2.75, 3.05) is 6.61 Å². The van der Waals surface area contributed by atoms with E-state index >= 15 is 0 Å². The molecule has 0 fully saturated rings. The number of hydrogen-bond donors (Lipinski definition) is 3. The van der Waals surface area contributed by atoms with Gasteiger partial charge >= 0.3 is 35.5 Å². The van der Waals surface area contributed by atoms with Crippen molar-refractivity contribution in [2.45, 2.75) is 6.04 Å². The predicted octanol–water partition coefficient (Wildman–Crippen LogP) is -5.51. The second kappa shape index (κ2) is 5.86. The fourth-order valence-electron chi connectivity index (χ4n) is 0.340. The van der Waals surface area contributed by atoms with E-state index in [2.05, 4.69) is 0 Å². The van der Waals surface area contributed by atoms with Gasteiger partial charge < -0.3 is 14.8 Å². The summed E-state index contributed by atoms with van der Waals surface area (Å²) in [5.74, 6) is -1.60. The van der Waals surface area contributed by atoms with Crippen LogP contribution in [0.15, 0.2) is 0 Å². The molecule has 0 saturated heterocycles. The summed E-state index contributed by atoms with van der Waals surface area (Å²) in [7, 11) is -4.82. The number of aliphatic hydroxyl groups is 1. The molecule has 0 aromatic heterocycles. The van der Waals surface area contributed by atoms with E-state index in [4.69, 9.17) is 10.2 Å². The summed E-state index contributed by atoms with van der Waals surface area (Å²) in [5.41, 5.74) is 0. The van der Waals surface area contributed by atoms with Crippen LogP contribution in [0.5, 0.6) is 0 Å². The average Bonchev–Trinajstić information content (AvgIpc) is 1.80. The molecule has 0 amide bonds. The molecule has 0 bridgehead atoms. The molecule has 0 aliphatic heterocycles. The second-order valence-corrected chi connectivity index (χ2v) is 2.79. The minimum absolute atomic E-state index is 0. The maximum absolute atomic E-state index is 9.98. The summed E-state index contributed by atoms with van der Waals surface area (Å²) in [6.45, 7) is -0.962. The largest absolute Gasteiger partial charge is 1.00 e. The molecule has 9 heteroatoms. The van der Waals surface area contributed by atoms with Gasteiger partial charge in [-0.2, -0.15) is 0 Å². The number of rotatable bonds is 4. The van der Waals surface area contributed by atoms with Crippen molar-refractivity contribution in [1.82, 2.24) is 4.72 Å². The van der Waals surface area contributed by atoms with Gasteiger partial charge in [-0.25, -0.2) is 13.1 Å². The third-order valence-corrected chi connectivity index (χ3v) is 1.34. The first-order valence-electron chi connectivity index (χ1n) is 2.43. The van der Waals surface area contributed by atoms with E-state index in [-0.39, 0.29) is 29.6 Å². The van der Waals surface area contributed by atoms with Gasteiger partial charge in [-0.1, -0.05) is 0 Å². The number of nitrogens with one attached hydrogen (secondary N) is 1. The molecule has 7 nitrogen and oxygen atoms in total. The summed E-state index contributed by atoms with van der Waals surface area (Å²) in [5, 5.41) is 16.3. The molecule has 0 radical (unpaired) electrons. The van der Waals surface area contributed by atoms with Gasteiger partial charge in [-0.15, -0.1) is 0 Å². The van der Waals surface area contributed by atoms with Crippen molar-refractivity contribution in [3.8, 4) is 0 Å². The van der Waals surface area contributed by atoms with E-state index in [9.17, 15) is 17.8 Å². The molecular formula is C3H6NNaO6S. The Labute approximate surface area is 90.9 Å². The molecule has 1 unspecified atom stereocenters. The standard InChI is InChI=1S/C3H7NO6S.Na/c5-1-2(3(6)7)4-11(8,9)10;/h2,4-5H,1H2,(H,6,7)(H,8,9,10);/q;+1/p-1. The zero-order valence-electron chi connectivity index (χ0n) is 6.22. The predicted molar refractivity (Wildman–Crippen MR) is 31.3 cm³/mol. The van der Waals surface area contributed by atoms with Gasteiger partial charge in [0.15, 0.2) is 10.3 Å². The number of carboxylic acids is 1. The molecule has 0 aliphatic carbocycles. The average molecular weight is 207 g/mol. The minimum atomic E-state index is -4.82. The Balaban J connectivity index is 0. The SMILES string of the molecule is O=C(O)C(CO)NS(=O)(=O)[O-].[Na+]. The second-order valence-electron chi connectivity index (χ2n) is 1.65. The van der Waals surface area contributed by atoms with E-state index in [0.29, 0.717) is 0 Å². The smallest absolute Gasteiger partial charge is 0.735 e. The maximum Gasteiger partial charge on any atom is 1.00 e. The molecule has 0 heterocycles. The van der Waals surface area contributed by atoms with Crippen molar-refractivity contribution in [3.63, 3.8) is 0 Å². The van der Waals surface area contributed by atoms with Gasteiger partial charge in [-0.3, -0.25) is 4.79 Å². The Bertz CT molecular complexity index is 237. The third kappa shape index (κ3) is 6.98. The van der Waals surface area contributed by atoms with Crippen LogP contribution in [0.4, 0.5) is 0 Å². The van der Waals surface area contributed by atoms with Crippen molar-refractivity contribution in [3.05, 3.63) is 0 Å². The Morgan fingerprint density at radius 2 is 2.00 bits per heavy atom. The fourth-order valence-corrected chi connectivity index (χ4v) is 0.864. The first-order chi connectivity index (χ1) is 4.87. The summed E-state index contributed by atoms with van der Waals surface area (Å²) in [4.78, 5) is 9.98. The maximum atomic E-state index is 9.98. The zero-order valence-corrected chi connectivity index (χ0v) is 9.04. The van der Waals surface area contributed by atoms with Crippen LogP contribution in [0.2, 0.25) is 0 Å². The van der Waals surface area contributed by atoms with Crippen molar-refractivity contribution in [1.29, 1.82) is 0 Å². The minimum Gasteiger partial charge on any atom is -0.735 e. The first kappa shape index (κ1) is 14.8. The van der Waals surface area contributed by atoms with Crippen molar-refractivity contribution in [2.24, 2.45) is 0 Å². The molecule has 3 N–H and O–H groups in total. The van der Waals surface area contributed by atoms with Crippen LogP contribution < -0.4 is 34.3 Å². The van der Waals surface area contributed by atoms with Crippen molar-refractivity contribution >= 4 is 16.3 Å². The summed E-state index contributed by atoms with van der Waals surface area (Å²) in [6, 6.07) is -1.77. The third-order valence-electron chi connectivity index (χ3n) is 0.767. The molecule has 12 heavy (non-hydrogen) atoms. The van der Waals surface area contributed by atoms with Gasteiger partial charge in [0.1, 0.15) is 6.04 Å². The number of carboxylic acid groups (broad SMARTS) is 1. The Morgan fingerprint density at radius 1 is 1.58 bits per heavy atom. The Kier molecular flexibility index (Phi) is 7.23. The molecule has 0 aromatic rings. The Hall–Kier alpha value is 0.300. The van der Waals surface area contributed by atoms with Crippen LogP contribution in [0.25, 0.3) is 0 Å². The summed E-state index contributed by atoms with van der Waals surface area (Å²) < 4.78 is 30.8. The number of carbonyl (C=O) groups is 1. The molecular weight excluding hydrogens is 201 g/mol. The Morgan fingerprint density at radius 3 is 2.08 bits per heavy atom. The molecule has 1 atom stereocenters. The summed E-state index contributed by atoms with van der Waals surface area (Å²) in [6.07, 6.45) is 0. The van der Waals surface area contributed by atoms with Gasteiger partial charge in [0.25, 0.3) is 0 Å². The number of hydrogen-bond acceptors (Lipinski definition) is 5. The normalized spacial score (nSPS) is 13.2. The van der Waals surface area contributed by atoms with E-state index in [1.165, 1.54) is 4.72 Å². The van der Waals surface area contributed by atoms with Gasteiger partial charge in [0.2, 0.25) is 0 Å². The van der Waals surface area contributed by atoms with Crippen LogP contribution in [0.3, 0.4) is 0 Å². The van der Waals surface area contributed by atoms with Gasteiger partial charge in [0, 0.05) is 0 Å². The zero-order chi connectivity index (χ0) is 9.07. The topological polar surface area (TPSA) is 127 Å². The monoisotopic (exact) mass is 207 g/mol. The number of aliphatic hydroxyl groups excluding tert-OH is 1. The van der Waals surface area contributed by atoms with E-state index in [1.807, 2.05) is 0 Å². The molecule has 0 aromatic carbocycles. The fraction of sp³-hybridized carbons (Fsp3) is 0.667. The van der Waals surface area contributed by atoms with Gasteiger partial charge in [0.05, 0.1) is 6.61 Å². The van der Waals surface area contributed by atoms with Crippen LogP contribution in [0.1, 0.15) is 0 Å². The quantitative estimate of drug-likeness (QED) is 0.311.